The lowest BCUT2D eigenvalue weighted by atomic mass is 9.94. The van der Waals surface area contributed by atoms with E-state index in [1.54, 1.807) is 7.11 Å². The second-order valence-electron chi connectivity index (χ2n) is 8.16. The number of amides is 1. The predicted octanol–water partition coefficient (Wildman–Crippen LogP) is 2.44. The van der Waals surface area contributed by atoms with Gasteiger partial charge in [0.2, 0.25) is 5.91 Å². The molecular formula is C25H29N3O3. The van der Waals surface area contributed by atoms with Gasteiger partial charge in [0.1, 0.15) is 5.75 Å². The highest BCUT2D eigenvalue weighted by molar-refractivity contribution is 5.81. The molecule has 0 radical (unpaired) electrons. The lowest BCUT2D eigenvalue weighted by Gasteiger charge is -2.16. The Morgan fingerprint density at radius 2 is 1.97 bits per heavy atom. The number of nitrogens with zero attached hydrogens (tertiary/aromatic N) is 2. The van der Waals surface area contributed by atoms with E-state index < -0.39 is 6.10 Å². The summed E-state index contributed by atoms with van der Waals surface area (Å²) in [5.41, 5.74) is 3.32. The first-order valence-electron chi connectivity index (χ1n) is 10.7. The molecule has 0 spiro atoms. The molecule has 0 unspecified atom stereocenters. The summed E-state index contributed by atoms with van der Waals surface area (Å²) >= 11 is 0. The van der Waals surface area contributed by atoms with Gasteiger partial charge in [0.15, 0.2) is 0 Å². The molecule has 6 nitrogen and oxygen atoms in total. The van der Waals surface area contributed by atoms with Gasteiger partial charge in [-0.05, 0) is 48.2 Å². The van der Waals surface area contributed by atoms with Gasteiger partial charge in [-0.2, -0.15) is 0 Å². The van der Waals surface area contributed by atoms with Gasteiger partial charge >= 0.3 is 0 Å². The number of aliphatic hydroxyl groups excluding tert-OH is 1. The fraction of sp³-hybridized carbons (Fsp3) is 0.360. The van der Waals surface area contributed by atoms with Gasteiger partial charge < -0.3 is 15.2 Å². The SMILES string of the molecule is COc1ccc(CCNC(=O)CN2C[C@@H](Cc3ccnc4ccccc34)[C@@H](O)C2)cc1. The van der Waals surface area contributed by atoms with Crippen molar-refractivity contribution in [3.05, 3.63) is 71.9 Å². The first kappa shape index (κ1) is 21.3. The number of β-amino-alcohol motifs (C(OH)–C–C–N with tert-alkyl or cyclic N) is 1. The fourth-order valence-corrected chi connectivity index (χ4v) is 4.28. The quantitative estimate of drug-likeness (QED) is 0.587. The van der Waals surface area contributed by atoms with Gasteiger partial charge in [-0.15, -0.1) is 0 Å². The zero-order chi connectivity index (χ0) is 21.6. The molecule has 31 heavy (non-hydrogen) atoms. The number of likely N-dealkylation sites (tertiary alicyclic amines) is 1. The van der Waals surface area contributed by atoms with E-state index in [-0.39, 0.29) is 11.8 Å². The van der Waals surface area contributed by atoms with Crippen LogP contribution in [0.15, 0.2) is 60.8 Å². The molecule has 1 aliphatic heterocycles. The number of para-hydroxylation sites is 1. The first-order chi connectivity index (χ1) is 15.1. The number of hydrogen-bond acceptors (Lipinski definition) is 5. The van der Waals surface area contributed by atoms with Crippen molar-refractivity contribution in [3.8, 4) is 5.75 Å². The summed E-state index contributed by atoms with van der Waals surface area (Å²) in [6.07, 6.45) is 2.95. The summed E-state index contributed by atoms with van der Waals surface area (Å²) in [4.78, 5) is 18.8. The van der Waals surface area contributed by atoms with Crippen LogP contribution in [0.2, 0.25) is 0 Å². The molecule has 2 N–H and O–H groups in total. The number of ether oxygens (including phenoxy) is 1. The van der Waals surface area contributed by atoms with Crippen molar-refractivity contribution in [1.29, 1.82) is 0 Å². The summed E-state index contributed by atoms with van der Waals surface area (Å²) in [5.74, 6) is 0.934. The zero-order valence-electron chi connectivity index (χ0n) is 17.8. The summed E-state index contributed by atoms with van der Waals surface area (Å²) < 4.78 is 5.16. The van der Waals surface area contributed by atoms with Gasteiger partial charge in [-0.1, -0.05) is 30.3 Å². The molecule has 0 saturated carbocycles. The minimum Gasteiger partial charge on any atom is -0.497 e. The number of nitrogens with one attached hydrogen (secondary N) is 1. The molecule has 1 aromatic heterocycles. The smallest absolute Gasteiger partial charge is 0.234 e. The molecule has 3 aromatic rings. The van der Waals surface area contributed by atoms with Crippen molar-refractivity contribution >= 4 is 16.8 Å². The Morgan fingerprint density at radius 3 is 2.77 bits per heavy atom. The van der Waals surface area contributed by atoms with Crippen molar-refractivity contribution in [2.24, 2.45) is 5.92 Å². The Hall–Kier alpha value is -2.96. The first-order valence-corrected chi connectivity index (χ1v) is 10.7. The highest BCUT2D eigenvalue weighted by Gasteiger charge is 2.32. The van der Waals surface area contributed by atoms with Gasteiger partial charge in [0.05, 0.1) is 25.3 Å². The highest BCUT2D eigenvalue weighted by Crippen LogP contribution is 2.25. The van der Waals surface area contributed by atoms with E-state index in [1.165, 1.54) is 5.56 Å². The second kappa shape index (κ2) is 9.90. The number of aliphatic hydroxyl groups is 1. The van der Waals surface area contributed by atoms with E-state index in [0.29, 0.717) is 26.2 Å². The number of hydrogen-bond donors (Lipinski definition) is 2. The molecule has 2 heterocycles. The number of carbonyl (C=O) groups is 1. The lowest BCUT2D eigenvalue weighted by molar-refractivity contribution is -0.122. The van der Waals surface area contributed by atoms with Gasteiger partial charge in [0.25, 0.3) is 0 Å². The lowest BCUT2D eigenvalue weighted by Crippen LogP contribution is -2.37. The maximum atomic E-state index is 12.4. The summed E-state index contributed by atoms with van der Waals surface area (Å²) in [6.45, 7) is 2.14. The van der Waals surface area contributed by atoms with E-state index in [9.17, 15) is 9.90 Å². The molecule has 2 aromatic carbocycles. The minimum atomic E-state index is -0.431. The van der Waals surface area contributed by atoms with Crippen molar-refractivity contribution in [3.63, 3.8) is 0 Å². The van der Waals surface area contributed by atoms with Crippen LogP contribution >= 0.6 is 0 Å². The molecular weight excluding hydrogens is 390 g/mol. The van der Waals surface area contributed by atoms with Crippen LogP contribution < -0.4 is 10.1 Å². The topological polar surface area (TPSA) is 74.7 Å². The van der Waals surface area contributed by atoms with Crippen LogP contribution in [0.3, 0.4) is 0 Å². The van der Waals surface area contributed by atoms with Crippen molar-refractivity contribution in [2.75, 3.05) is 33.3 Å². The maximum Gasteiger partial charge on any atom is 0.234 e. The van der Waals surface area contributed by atoms with E-state index in [0.717, 1.165) is 35.1 Å². The third kappa shape index (κ3) is 5.40. The van der Waals surface area contributed by atoms with Crippen molar-refractivity contribution in [1.82, 2.24) is 15.2 Å². The zero-order valence-corrected chi connectivity index (χ0v) is 17.8. The van der Waals surface area contributed by atoms with Crippen LogP contribution in [-0.2, 0) is 17.6 Å². The summed E-state index contributed by atoms with van der Waals surface area (Å²) in [5, 5.41) is 14.7. The molecule has 0 aliphatic carbocycles. The number of pyridine rings is 1. The Morgan fingerprint density at radius 1 is 1.16 bits per heavy atom. The monoisotopic (exact) mass is 419 g/mol. The third-order valence-corrected chi connectivity index (χ3v) is 5.97. The van der Waals surface area contributed by atoms with E-state index in [4.69, 9.17) is 4.74 Å². The highest BCUT2D eigenvalue weighted by atomic mass is 16.5. The standard InChI is InChI=1S/C25H29N3O3/c1-31-21-8-6-18(7-9-21)10-12-27-25(30)17-28-15-20(24(29)16-28)14-19-11-13-26-23-5-3-2-4-22(19)23/h2-9,11,13,20,24,29H,10,12,14-17H2,1H3,(H,27,30)/t20-,24+/m1/s1. The second-order valence-corrected chi connectivity index (χ2v) is 8.16. The number of rotatable bonds is 8. The van der Waals surface area contributed by atoms with E-state index >= 15 is 0 Å². The number of fused-ring (bicyclic) bond motifs is 1. The van der Waals surface area contributed by atoms with Crippen LogP contribution in [0, 0.1) is 5.92 Å². The van der Waals surface area contributed by atoms with Gasteiger partial charge in [-0.25, -0.2) is 0 Å². The number of aromatic nitrogens is 1. The average molecular weight is 420 g/mol. The molecule has 1 saturated heterocycles. The van der Waals surface area contributed by atoms with Crippen LogP contribution in [0.5, 0.6) is 5.75 Å². The minimum absolute atomic E-state index is 0.00396. The van der Waals surface area contributed by atoms with Gasteiger partial charge in [0, 0.05) is 37.1 Å². The van der Waals surface area contributed by atoms with E-state index in [1.807, 2.05) is 59.6 Å². The molecule has 0 bridgehead atoms. The Balaban J connectivity index is 1.26. The molecule has 4 rings (SSSR count). The molecule has 2 atom stereocenters. The van der Waals surface area contributed by atoms with Crippen molar-refractivity contribution in [2.45, 2.75) is 18.9 Å². The molecule has 1 fully saturated rings. The molecule has 162 valence electrons. The summed E-state index contributed by atoms with van der Waals surface area (Å²) in [7, 11) is 1.65. The molecule has 6 heteroatoms. The normalized spacial score (nSPS) is 18.9. The van der Waals surface area contributed by atoms with Crippen molar-refractivity contribution < 1.29 is 14.6 Å². The number of methoxy groups -OCH3 is 1. The predicted molar refractivity (Wildman–Crippen MR) is 121 cm³/mol. The Kier molecular flexibility index (Phi) is 6.79. The summed E-state index contributed by atoms with van der Waals surface area (Å²) in [6, 6.07) is 18.0. The molecule has 1 aliphatic rings. The van der Waals surface area contributed by atoms with Crippen LogP contribution in [0.4, 0.5) is 0 Å². The van der Waals surface area contributed by atoms with Crippen LogP contribution in [0.25, 0.3) is 10.9 Å². The third-order valence-electron chi connectivity index (χ3n) is 5.97. The van der Waals surface area contributed by atoms with Crippen LogP contribution in [-0.4, -0.2) is 60.3 Å². The van der Waals surface area contributed by atoms with E-state index in [2.05, 4.69) is 16.4 Å². The largest absolute Gasteiger partial charge is 0.497 e. The Bertz CT molecular complexity index is 1020. The van der Waals surface area contributed by atoms with Gasteiger partial charge in [-0.3, -0.25) is 14.7 Å². The number of benzene rings is 2. The number of carbonyl (C=O) groups excluding carboxylic acids is 1. The Labute approximate surface area is 182 Å². The average Bonchev–Trinajstić information content (AvgIpc) is 3.13. The van der Waals surface area contributed by atoms with Crippen LogP contribution in [0.1, 0.15) is 11.1 Å². The fourth-order valence-electron chi connectivity index (χ4n) is 4.28. The molecule has 1 amide bonds. The maximum absolute atomic E-state index is 12.4.